The number of nitrogens with one attached hydrogen (secondary N) is 1. The average Bonchev–Trinajstić information content (AvgIpc) is 2.74. The lowest BCUT2D eigenvalue weighted by Crippen LogP contribution is -2.43. The van der Waals surface area contributed by atoms with Crippen molar-refractivity contribution in [3.63, 3.8) is 0 Å². The summed E-state index contributed by atoms with van der Waals surface area (Å²) < 4.78 is 5.35. The van der Waals surface area contributed by atoms with Gasteiger partial charge in [0.15, 0.2) is 0 Å². The lowest BCUT2D eigenvalue weighted by molar-refractivity contribution is -0.131. The van der Waals surface area contributed by atoms with Gasteiger partial charge in [0.1, 0.15) is 11.6 Å². The number of amides is 1. The summed E-state index contributed by atoms with van der Waals surface area (Å²) >= 11 is 0. The standard InChI is InChI=1S/C22H25N5O2/c1-29-19-9-5-2-6-15(19)14-20(28)27-12-10-16(11-13-27)24-22-25-18-8-4-3-7-17(18)21(23)26-22/h2-9,16H,10-14H2,1H3,(H3,23,24,25,26). The van der Waals surface area contributed by atoms with Gasteiger partial charge in [0.25, 0.3) is 0 Å². The Morgan fingerprint density at radius 3 is 2.66 bits per heavy atom. The molecule has 7 nitrogen and oxygen atoms in total. The molecule has 0 radical (unpaired) electrons. The van der Waals surface area contributed by atoms with Crippen LogP contribution >= 0.6 is 0 Å². The van der Waals surface area contributed by atoms with Crippen LogP contribution in [0.4, 0.5) is 11.8 Å². The van der Waals surface area contributed by atoms with Crippen LogP contribution in [0.25, 0.3) is 10.9 Å². The molecule has 7 heteroatoms. The summed E-state index contributed by atoms with van der Waals surface area (Å²) in [5.41, 5.74) is 7.81. The van der Waals surface area contributed by atoms with Crippen LogP contribution in [0.1, 0.15) is 18.4 Å². The van der Waals surface area contributed by atoms with E-state index in [2.05, 4.69) is 15.3 Å². The van der Waals surface area contributed by atoms with Gasteiger partial charge in [0.05, 0.1) is 19.0 Å². The molecule has 3 aromatic rings. The number of likely N-dealkylation sites (tertiary alicyclic amines) is 1. The first-order valence-electron chi connectivity index (χ1n) is 9.82. The van der Waals surface area contributed by atoms with Gasteiger partial charge >= 0.3 is 0 Å². The summed E-state index contributed by atoms with van der Waals surface area (Å²) in [4.78, 5) is 23.6. The van der Waals surface area contributed by atoms with Gasteiger partial charge in [-0.3, -0.25) is 4.79 Å². The maximum Gasteiger partial charge on any atom is 0.227 e. The third-order valence-corrected chi connectivity index (χ3v) is 5.35. The van der Waals surface area contributed by atoms with Gasteiger partial charge < -0.3 is 20.7 Å². The zero-order valence-corrected chi connectivity index (χ0v) is 16.5. The first-order valence-corrected chi connectivity index (χ1v) is 9.82. The van der Waals surface area contributed by atoms with E-state index in [9.17, 15) is 4.79 Å². The maximum atomic E-state index is 12.7. The Bertz CT molecular complexity index is 1020. The van der Waals surface area contributed by atoms with Crippen LogP contribution in [0, 0.1) is 0 Å². The number of benzene rings is 2. The summed E-state index contributed by atoms with van der Waals surface area (Å²) in [6.07, 6.45) is 2.04. The molecule has 0 atom stereocenters. The number of hydrogen-bond donors (Lipinski definition) is 2. The van der Waals surface area contributed by atoms with Gasteiger partial charge in [-0.2, -0.15) is 4.98 Å². The molecular formula is C22H25N5O2. The quantitative estimate of drug-likeness (QED) is 0.695. The Kier molecular flexibility index (Phi) is 5.46. The van der Waals surface area contributed by atoms with Crippen LogP contribution in [0.15, 0.2) is 48.5 Å². The molecule has 0 saturated carbocycles. The van der Waals surface area contributed by atoms with Crippen molar-refractivity contribution in [2.45, 2.75) is 25.3 Å². The first kappa shape index (κ1) is 19.0. The van der Waals surface area contributed by atoms with Crippen LogP contribution in [-0.4, -0.2) is 47.0 Å². The Balaban J connectivity index is 1.35. The summed E-state index contributed by atoms with van der Waals surface area (Å²) in [5, 5.41) is 4.24. The molecule has 0 unspecified atom stereocenters. The van der Waals surface area contributed by atoms with Crippen molar-refractivity contribution in [2.75, 3.05) is 31.2 Å². The van der Waals surface area contributed by atoms with Crippen molar-refractivity contribution >= 4 is 28.6 Å². The maximum absolute atomic E-state index is 12.7. The van der Waals surface area contributed by atoms with E-state index in [1.165, 1.54) is 0 Å². The zero-order valence-electron chi connectivity index (χ0n) is 16.5. The number of methoxy groups -OCH3 is 1. The lowest BCUT2D eigenvalue weighted by atomic mass is 10.0. The van der Waals surface area contributed by atoms with Crippen molar-refractivity contribution < 1.29 is 9.53 Å². The predicted molar refractivity (Wildman–Crippen MR) is 114 cm³/mol. The van der Waals surface area contributed by atoms with Crippen molar-refractivity contribution in [3.8, 4) is 5.75 Å². The molecule has 4 rings (SSSR count). The van der Waals surface area contributed by atoms with Crippen LogP contribution < -0.4 is 15.8 Å². The monoisotopic (exact) mass is 391 g/mol. The van der Waals surface area contributed by atoms with Crippen molar-refractivity contribution in [2.24, 2.45) is 0 Å². The van der Waals surface area contributed by atoms with Crippen LogP contribution in [0.5, 0.6) is 5.75 Å². The molecule has 1 aromatic heterocycles. The second-order valence-corrected chi connectivity index (χ2v) is 7.24. The predicted octanol–water partition coefficient (Wildman–Crippen LogP) is 2.87. The van der Waals surface area contributed by atoms with E-state index in [-0.39, 0.29) is 11.9 Å². The Morgan fingerprint density at radius 1 is 1.14 bits per heavy atom. The van der Waals surface area contributed by atoms with Gasteiger partial charge in [-0.1, -0.05) is 30.3 Å². The third kappa shape index (κ3) is 4.23. The molecule has 2 heterocycles. The number of nitrogens with zero attached hydrogens (tertiary/aromatic N) is 3. The second kappa shape index (κ2) is 8.34. The fourth-order valence-corrected chi connectivity index (χ4v) is 3.75. The zero-order chi connectivity index (χ0) is 20.2. The van der Waals surface area contributed by atoms with E-state index in [0.29, 0.717) is 31.3 Å². The van der Waals surface area contributed by atoms with Gasteiger partial charge in [0, 0.05) is 30.1 Å². The van der Waals surface area contributed by atoms with E-state index in [1.54, 1.807) is 7.11 Å². The molecular weight excluding hydrogens is 366 g/mol. The summed E-state index contributed by atoms with van der Waals surface area (Å²) in [6.45, 7) is 1.41. The second-order valence-electron chi connectivity index (χ2n) is 7.24. The van der Waals surface area contributed by atoms with Crippen LogP contribution in [0.2, 0.25) is 0 Å². The molecule has 3 N–H and O–H groups in total. The third-order valence-electron chi connectivity index (χ3n) is 5.35. The Morgan fingerprint density at radius 2 is 1.86 bits per heavy atom. The number of carbonyl (C=O) groups excluding carboxylic acids is 1. The highest BCUT2D eigenvalue weighted by Gasteiger charge is 2.24. The summed E-state index contributed by atoms with van der Waals surface area (Å²) in [5.74, 6) is 1.89. The van der Waals surface area contributed by atoms with Gasteiger partial charge in [0.2, 0.25) is 11.9 Å². The largest absolute Gasteiger partial charge is 0.496 e. The van der Waals surface area contributed by atoms with Crippen LogP contribution in [-0.2, 0) is 11.2 Å². The molecule has 0 bridgehead atoms. The highest BCUT2D eigenvalue weighted by Crippen LogP contribution is 2.22. The molecule has 0 spiro atoms. The fraction of sp³-hybridized carbons (Fsp3) is 0.318. The molecule has 1 fully saturated rings. The number of aromatic nitrogens is 2. The van der Waals surface area contributed by atoms with E-state index in [4.69, 9.17) is 10.5 Å². The molecule has 1 aliphatic rings. The number of nitrogens with two attached hydrogens (primary N) is 1. The molecule has 29 heavy (non-hydrogen) atoms. The first-order chi connectivity index (χ1) is 14.1. The van der Waals surface area contributed by atoms with E-state index in [0.717, 1.165) is 35.1 Å². The number of fused-ring (bicyclic) bond motifs is 1. The minimum atomic E-state index is 0.124. The molecule has 0 aliphatic carbocycles. The van der Waals surface area contributed by atoms with Gasteiger partial charge in [-0.25, -0.2) is 4.98 Å². The number of para-hydroxylation sites is 2. The molecule has 1 aliphatic heterocycles. The van der Waals surface area contributed by atoms with E-state index in [1.807, 2.05) is 53.4 Å². The van der Waals surface area contributed by atoms with Crippen molar-refractivity contribution in [3.05, 3.63) is 54.1 Å². The molecule has 1 saturated heterocycles. The van der Waals surface area contributed by atoms with Crippen molar-refractivity contribution in [1.82, 2.24) is 14.9 Å². The normalized spacial score (nSPS) is 14.7. The number of carbonyl (C=O) groups is 1. The van der Waals surface area contributed by atoms with E-state index < -0.39 is 0 Å². The lowest BCUT2D eigenvalue weighted by Gasteiger charge is -2.32. The van der Waals surface area contributed by atoms with Gasteiger partial charge in [-0.05, 0) is 31.0 Å². The highest BCUT2D eigenvalue weighted by molar-refractivity contribution is 5.88. The molecule has 2 aromatic carbocycles. The van der Waals surface area contributed by atoms with Crippen LogP contribution in [0.3, 0.4) is 0 Å². The van der Waals surface area contributed by atoms with E-state index >= 15 is 0 Å². The number of nitrogen functional groups attached to an aromatic ring is 1. The number of ether oxygens (including phenoxy) is 1. The van der Waals surface area contributed by atoms with Gasteiger partial charge in [-0.15, -0.1) is 0 Å². The fourth-order valence-electron chi connectivity index (χ4n) is 3.75. The molecule has 150 valence electrons. The topological polar surface area (TPSA) is 93.4 Å². The summed E-state index contributed by atoms with van der Waals surface area (Å²) in [7, 11) is 1.63. The number of hydrogen-bond acceptors (Lipinski definition) is 6. The molecule has 1 amide bonds. The number of anilines is 2. The number of piperidine rings is 1. The Hall–Kier alpha value is -3.35. The average molecular weight is 391 g/mol. The van der Waals surface area contributed by atoms with Crippen molar-refractivity contribution in [1.29, 1.82) is 0 Å². The number of rotatable bonds is 5. The minimum absolute atomic E-state index is 0.124. The smallest absolute Gasteiger partial charge is 0.227 e. The Labute approximate surface area is 169 Å². The SMILES string of the molecule is COc1ccccc1CC(=O)N1CCC(Nc2nc(N)c3ccccc3n2)CC1. The highest BCUT2D eigenvalue weighted by atomic mass is 16.5. The summed E-state index contributed by atoms with van der Waals surface area (Å²) in [6, 6.07) is 15.6. The minimum Gasteiger partial charge on any atom is -0.496 e.